The number of hydrogen-bond donors (Lipinski definition) is 0. The smallest absolute Gasteiger partial charge is 0.309 e. The van der Waals surface area contributed by atoms with Crippen LogP contribution >= 0.6 is 11.6 Å². The second-order valence-electron chi connectivity index (χ2n) is 6.25. The van der Waals surface area contributed by atoms with Crippen molar-refractivity contribution in [3.63, 3.8) is 0 Å². The van der Waals surface area contributed by atoms with Crippen molar-refractivity contribution in [2.75, 3.05) is 19.7 Å². The number of fused-ring (bicyclic) bond motifs is 1. The average Bonchev–Trinajstić information content (AvgIpc) is 2.64. The number of hydrogen-bond acceptors (Lipinski definition) is 5. The maximum atomic E-state index is 12.5. The molecule has 0 saturated carbocycles. The highest BCUT2D eigenvalue weighted by Crippen LogP contribution is 2.19. The summed E-state index contributed by atoms with van der Waals surface area (Å²) in [5, 5.41) is 0.829. The average molecular weight is 378 g/mol. The van der Waals surface area contributed by atoms with E-state index < -0.39 is 0 Å². The van der Waals surface area contributed by atoms with Crippen molar-refractivity contribution < 1.29 is 14.3 Å². The molecule has 0 atom stereocenters. The highest BCUT2D eigenvalue weighted by Gasteiger charge is 2.28. The number of esters is 1. The zero-order chi connectivity index (χ0) is 18.7. The molecular formula is C18H20ClN3O4. The van der Waals surface area contributed by atoms with Gasteiger partial charge in [-0.25, -0.2) is 4.98 Å². The minimum absolute atomic E-state index is 0.0850. The fourth-order valence-corrected chi connectivity index (χ4v) is 3.29. The summed E-state index contributed by atoms with van der Waals surface area (Å²) in [7, 11) is 0. The number of ether oxygens (including phenoxy) is 1. The first-order valence-electron chi connectivity index (χ1n) is 8.58. The van der Waals surface area contributed by atoms with Gasteiger partial charge in [0.05, 0.1) is 29.8 Å². The van der Waals surface area contributed by atoms with Crippen LogP contribution in [0.15, 0.2) is 29.3 Å². The first kappa shape index (κ1) is 18.4. The van der Waals surface area contributed by atoms with E-state index >= 15 is 0 Å². The lowest BCUT2D eigenvalue weighted by Gasteiger charge is -2.31. The molecule has 7 nitrogen and oxygen atoms in total. The molecule has 1 aliphatic heterocycles. The van der Waals surface area contributed by atoms with Gasteiger partial charge in [0, 0.05) is 18.1 Å². The van der Waals surface area contributed by atoms with Crippen molar-refractivity contribution >= 4 is 34.4 Å². The van der Waals surface area contributed by atoms with E-state index in [2.05, 4.69) is 4.98 Å². The second-order valence-corrected chi connectivity index (χ2v) is 6.68. The first-order valence-corrected chi connectivity index (χ1v) is 8.96. The Balaban J connectivity index is 1.67. The Kier molecular flexibility index (Phi) is 5.56. The van der Waals surface area contributed by atoms with Gasteiger partial charge in [-0.3, -0.25) is 19.0 Å². The molecule has 1 aliphatic rings. The molecule has 2 aromatic rings. The van der Waals surface area contributed by atoms with Crippen LogP contribution in [0.1, 0.15) is 19.8 Å². The number of benzene rings is 1. The van der Waals surface area contributed by atoms with E-state index in [0.29, 0.717) is 48.5 Å². The molecule has 1 saturated heterocycles. The Bertz CT molecular complexity index is 888. The third-order valence-electron chi connectivity index (χ3n) is 4.56. The fourth-order valence-electron chi connectivity index (χ4n) is 3.11. The van der Waals surface area contributed by atoms with Crippen molar-refractivity contribution in [2.45, 2.75) is 26.3 Å². The second kappa shape index (κ2) is 7.86. The van der Waals surface area contributed by atoms with Gasteiger partial charge in [-0.05, 0) is 38.0 Å². The summed E-state index contributed by atoms with van der Waals surface area (Å²) in [6.07, 6.45) is 2.53. The molecule has 1 aromatic heterocycles. The molecule has 0 aliphatic carbocycles. The third kappa shape index (κ3) is 3.88. The molecule has 0 spiro atoms. The number of nitrogens with zero attached hydrogens (tertiary/aromatic N) is 3. The van der Waals surface area contributed by atoms with E-state index in [1.807, 2.05) is 0 Å². The molecule has 1 amide bonds. The molecular weight excluding hydrogens is 358 g/mol. The molecule has 2 heterocycles. The summed E-state index contributed by atoms with van der Waals surface area (Å²) < 4.78 is 6.32. The lowest BCUT2D eigenvalue weighted by atomic mass is 9.97. The van der Waals surface area contributed by atoms with Crippen LogP contribution in [0.3, 0.4) is 0 Å². The van der Waals surface area contributed by atoms with Gasteiger partial charge in [0.15, 0.2) is 0 Å². The summed E-state index contributed by atoms with van der Waals surface area (Å²) in [6, 6.07) is 4.89. The van der Waals surface area contributed by atoms with Gasteiger partial charge in [0.1, 0.15) is 6.54 Å². The molecule has 1 fully saturated rings. The Hall–Kier alpha value is -2.41. The third-order valence-corrected chi connectivity index (χ3v) is 4.79. The number of halogens is 1. The van der Waals surface area contributed by atoms with Crippen LogP contribution in [0, 0.1) is 5.92 Å². The van der Waals surface area contributed by atoms with Crippen molar-refractivity contribution in [1.29, 1.82) is 0 Å². The lowest BCUT2D eigenvalue weighted by Crippen LogP contribution is -2.43. The Morgan fingerprint density at radius 3 is 2.73 bits per heavy atom. The number of likely N-dealkylation sites (tertiary alicyclic amines) is 1. The van der Waals surface area contributed by atoms with Crippen molar-refractivity contribution in [1.82, 2.24) is 14.5 Å². The van der Waals surface area contributed by atoms with Gasteiger partial charge in [0.25, 0.3) is 5.56 Å². The number of rotatable bonds is 4. The topological polar surface area (TPSA) is 81.5 Å². The highest BCUT2D eigenvalue weighted by molar-refractivity contribution is 6.31. The molecule has 8 heteroatoms. The molecule has 0 bridgehead atoms. The number of carbonyl (C=O) groups is 2. The largest absolute Gasteiger partial charge is 0.466 e. The number of carbonyl (C=O) groups excluding carboxylic acids is 2. The minimum Gasteiger partial charge on any atom is -0.466 e. The summed E-state index contributed by atoms with van der Waals surface area (Å²) in [4.78, 5) is 42.7. The number of amides is 1. The first-order chi connectivity index (χ1) is 12.5. The minimum atomic E-state index is -0.299. The Morgan fingerprint density at radius 2 is 2.04 bits per heavy atom. The van der Waals surface area contributed by atoms with Gasteiger partial charge in [0.2, 0.25) is 5.91 Å². The number of aromatic nitrogens is 2. The SMILES string of the molecule is CCOC(=O)C1CCN(C(=O)Cn2cnc3ccc(Cl)cc3c2=O)CC1. The Morgan fingerprint density at radius 1 is 1.31 bits per heavy atom. The zero-order valence-corrected chi connectivity index (χ0v) is 15.2. The van der Waals surface area contributed by atoms with E-state index in [1.165, 1.54) is 10.9 Å². The summed E-state index contributed by atoms with van der Waals surface area (Å²) >= 11 is 5.94. The summed E-state index contributed by atoms with van der Waals surface area (Å²) in [6.45, 7) is 3.01. The van der Waals surface area contributed by atoms with E-state index in [4.69, 9.17) is 16.3 Å². The van der Waals surface area contributed by atoms with Crippen molar-refractivity contribution in [3.8, 4) is 0 Å². The van der Waals surface area contributed by atoms with Gasteiger partial charge < -0.3 is 9.64 Å². The molecule has 1 aromatic carbocycles. The molecule has 138 valence electrons. The van der Waals surface area contributed by atoms with Crippen LogP contribution in [0.5, 0.6) is 0 Å². The molecule has 3 rings (SSSR count). The van der Waals surface area contributed by atoms with Gasteiger partial charge in [-0.2, -0.15) is 0 Å². The van der Waals surface area contributed by atoms with Crippen LogP contribution in [-0.4, -0.2) is 46.0 Å². The fraction of sp³-hybridized carbons (Fsp3) is 0.444. The standard InChI is InChI=1S/C18H20ClN3O4/c1-2-26-18(25)12-5-7-21(8-6-12)16(23)10-22-11-20-15-4-3-13(19)9-14(15)17(22)24/h3-4,9,11-12H,2,5-8,10H2,1H3. The lowest BCUT2D eigenvalue weighted by molar-refractivity contribution is -0.151. The summed E-state index contributed by atoms with van der Waals surface area (Å²) in [5.74, 6) is -0.532. The van der Waals surface area contributed by atoms with Gasteiger partial charge in [-0.15, -0.1) is 0 Å². The highest BCUT2D eigenvalue weighted by atomic mass is 35.5. The van der Waals surface area contributed by atoms with Crippen LogP contribution in [0.2, 0.25) is 5.02 Å². The quantitative estimate of drug-likeness (QED) is 0.759. The van der Waals surface area contributed by atoms with E-state index in [0.717, 1.165) is 0 Å². The van der Waals surface area contributed by atoms with Crippen LogP contribution in [0.25, 0.3) is 10.9 Å². The molecule has 26 heavy (non-hydrogen) atoms. The predicted octanol–water partition coefficient (Wildman–Crippen LogP) is 1.85. The monoisotopic (exact) mass is 377 g/mol. The molecule has 0 radical (unpaired) electrons. The zero-order valence-electron chi connectivity index (χ0n) is 14.5. The van der Waals surface area contributed by atoms with Crippen LogP contribution in [0.4, 0.5) is 0 Å². The van der Waals surface area contributed by atoms with Crippen LogP contribution < -0.4 is 5.56 Å². The van der Waals surface area contributed by atoms with Crippen molar-refractivity contribution in [2.24, 2.45) is 5.92 Å². The van der Waals surface area contributed by atoms with Crippen molar-refractivity contribution in [3.05, 3.63) is 39.9 Å². The number of piperidine rings is 1. The maximum absolute atomic E-state index is 12.5. The molecule has 0 N–H and O–H groups in total. The van der Waals surface area contributed by atoms with Crippen LogP contribution in [-0.2, 0) is 20.9 Å². The molecule has 0 unspecified atom stereocenters. The maximum Gasteiger partial charge on any atom is 0.309 e. The van der Waals surface area contributed by atoms with E-state index in [1.54, 1.807) is 30.0 Å². The van der Waals surface area contributed by atoms with Gasteiger partial charge >= 0.3 is 5.97 Å². The Labute approximate surface area is 155 Å². The van der Waals surface area contributed by atoms with Gasteiger partial charge in [-0.1, -0.05) is 11.6 Å². The summed E-state index contributed by atoms with van der Waals surface area (Å²) in [5.41, 5.74) is 0.241. The normalized spacial score (nSPS) is 15.2. The van der Waals surface area contributed by atoms with E-state index in [9.17, 15) is 14.4 Å². The van der Waals surface area contributed by atoms with E-state index in [-0.39, 0.29) is 29.9 Å². The predicted molar refractivity (Wildman–Crippen MR) is 97.0 cm³/mol.